The van der Waals surface area contributed by atoms with Crippen LogP contribution in [-0.2, 0) is 6.54 Å². The molecule has 0 fully saturated rings. The Bertz CT molecular complexity index is 783. The number of primary amides is 1. The van der Waals surface area contributed by atoms with Crippen molar-refractivity contribution in [2.45, 2.75) is 6.54 Å². The van der Waals surface area contributed by atoms with Gasteiger partial charge in [0, 0.05) is 11.3 Å². The van der Waals surface area contributed by atoms with E-state index >= 15 is 0 Å². The molecule has 0 atom stereocenters. The van der Waals surface area contributed by atoms with Gasteiger partial charge in [0.15, 0.2) is 0 Å². The molecule has 0 aliphatic heterocycles. The highest BCUT2D eigenvalue weighted by Crippen LogP contribution is 2.16. The van der Waals surface area contributed by atoms with Crippen LogP contribution in [0.15, 0.2) is 35.4 Å². The molecule has 0 saturated heterocycles. The number of amides is 1. The van der Waals surface area contributed by atoms with Crippen molar-refractivity contribution >= 4 is 17.3 Å². The fourth-order valence-electron chi connectivity index (χ4n) is 1.73. The molecule has 1 aromatic heterocycles. The number of nitrogen functional groups attached to an aromatic ring is 1. The molecule has 108 valence electrons. The van der Waals surface area contributed by atoms with Crippen LogP contribution in [0.5, 0.6) is 0 Å². The van der Waals surface area contributed by atoms with E-state index in [1.807, 2.05) is 0 Å². The maximum Gasteiger partial charge on any atom is 0.348 e. The molecule has 0 unspecified atom stereocenters. The summed E-state index contributed by atoms with van der Waals surface area (Å²) in [6, 6.07) is 4.37. The SMILES string of the molecule is NC(=O)c1ccc(Cn2cc([N+](=O)[O-])cnc2=O)c(N)c1. The number of anilines is 1. The van der Waals surface area contributed by atoms with Gasteiger partial charge in [-0.05, 0) is 17.7 Å². The average molecular weight is 289 g/mol. The topological polar surface area (TPSA) is 147 Å². The van der Waals surface area contributed by atoms with Gasteiger partial charge in [0.2, 0.25) is 5.91 Å². The minimum atomic E-state index is -0.650. The van der Waals surface area contributed by atoms with E-state index in [1.54, 1.807) is 0 Å². The molecule has 1 aromatic carbocycles. The summed E-state index contributed by atoms with van der Waals surface area (Å²) >= 11 is 0. The van der Waals surface area contributed by atoms with Crippen LogP contribution in [0.1, 0.15) is 15.9 Å². The zero-order valence-electron chi connectivity index (χ0n) is 10.7. The Kier molecular flexibility index (Phi) is 3.65. The molecule has 0 spiro atoms. The Balaban J connectivity index is 2.38. The van der Waals surface area contributed by atoms with E-state index < -0.39 is 16.5 Å². The van der Waals surface area contributed by atoms with Crippen LogP contribution in [0, 0.1) is 10.1 Å². The van der Waals surface area contributed by atoms with E-state index in [4.69, 9.17) is 11.5 Å². The Morgan fingerprint density at radius 3 is 2.71 bits per heavy atom. The van der Waals surface area contributed by atoms with Crippen LogP contribution in [0.2, 0.25) is 0 Å². The van der Waals surface area contributed by atoms with E-state index in [2.05, 4.69) is 4.98 Å². The van der Waals surface area contributed by atoms with Crippen molar-refractivity contribution in [3.8, 4) is 0 Å². The van der Waals surface area contributed by atoms with Crippen molar-refractivity contribution in [2.24, 2.45) is 5.73 Å². The molecule has 21 heavy (non-hydrogen) atoms. The molecular weight excluding hydrogens is 278 g/mol. The maximum atomic E-state index is 11.6. The van der Waals surface area contributed by atoms with Gasteiger partial charge in [0.25, 0.3) is 0 Å². The van der Waals surface area contributed by atoms with Crippen LogP contribution in [0.4, 0.5) is 11.4 Å². The number of rotatable bonds is 4. The monoisotopic (exact) mass is 289 g/mol. The molecule has 2 rings (SSSR count). The van der Waals surface area contributed by atoms with E-state index in [-0.39, 0.29) is 23.5 Å². The summed E-state index contributed by atoms with van der Waals surface area (Å²) in [7, 11) is 0. The Morgan fingerprint density at radius 1 is 1.43 bits per heavy atom. The lowest BCUT2D eigenvalue weighted by atomic mass is 10.1. The molecule has 0 aliphatic rings. The highest BCUT2D eigenvalue weighted by Gasteiger charge is 2.11. The minimum absolute atomic E-state index is 0.00160. The second-order valence-electron chi connectivity index (χ2n) is 4.26. The summed E-state index contributed by atoms with van der Waals surface area (Å²) in [6.45, 7) is -0.00160. The van der Waals surface area contributed by atoms with Gasteiger partial charge >= 0.3 is 11.4 Å². The second-order valence-corrected chi connectivity index (χ2v) is 4.26. The van der Waals surface area contributed by atoms with E-state index in [0.717, 1.165) is 17.0 Å². The summed E-state index contributed by atoms with van der Waals surface area (Å²) in [5, 5.41) is 10.7. The van der Waals surface area contributed by atoms with Gasteiger partial charge in [-0.15, -0.1) is 0 Å². The smallest absolute Gasteiger partial charge is 0.348 e. The minimum Gasteiger partial charge on any atom is -0.398 e. The quantitative estimate of drug-likeness (QED) is 0.455. The molecule has 9 nitrogen and oxygen atoms in total. The summed E-state index contributed by atoms with van der Waals surface area (Å²) in [5.41, 5.74) is 11.0. The van der Waals surface area contributed by atoms with Crippen LogP contribution in [0.3, 0.4) is 0 Å². The van der Waals surface area contributed by atoms with Crippen molar-refractivity contribution in [3.05, 3.63) is 62.3 Å². The Labute approximate surface area is 118 Å². The number of carbonyl (C=O) groups is 1. The number of benzene rings is 1. The van der Waals surface area contributed by atoms with Crippen LogP contribution < -0.4 is 17.2 Å². The molecular formula is C12H11N5O4. The zero-order valence-corrected chi connectivity index (χ0v) is 10.7. The van der Waals surface area contributed by atoms with Gasteiger partial charge < -0.3 is 11.5 Å². The first-order valence-corrected chi connectivity index (χ1v) is 5.77. The van der Waals surface area contributed by atoms with Crippen molar-refractivity contribution in [1.29, 1.82) is 0 Å². The van der Waals surface area contributed by atoms with Gasteiger partial charge in [-0.25, -0.2) is 4.79 Å². The van der Waals surface area contributed by atoms with Gasteiger partial charge in [0.1, 0.15) is 6.20 Å². The van der Waals surface area contributed by atoms with Crippen molar-refractivity contribution in [2.75, 3.05) is 5.73 Å². The zero-order chi connectivity index (χ0) is 15.6. The molecule has 1 heterocycles. The molecule has 0 bridgehead atoms. The summed E-state index contributed by atoms with van der Waals surface area (Å²) in [4.78, 5) is 36.1. The third kappa shape index (κ3) is 3.03. The first kappa shape index (κ1) is 14.2. The van der Waals surface area contributed by atoms with Gasteiger partial charge in [-0.1, -0.05) is 6.07 Å². The largest absolute Gasteiger partial charge is 0.398 e. The first-order chi connectivity index (χ1) is 9.88. The van der Waals surface area contributed by atoms with E-state index in [0.29, 0.717) is 5.56 Å². The summed E-state index contributed by atoms with van der Waals surface area (Å²) in [5.74, 6) is -0.623. The standard InChI is InChI=1S/C12H11N5O4/c13-10-3-7(11(14)18)1-2-8(10)5-16-6-9(17(20)21)4-15-12(16)19/h1-4,6H,5,13H2,(H2,14,18). The van der Waals surface area contributed by atoms with Gasteiger partial charge in [-0.2, -0.15) is 4.98 Å². The number of nitrogens with zero attached hydrogens (tertiary/aromatic N) is 3. The Morgan fingerprint density at radius 2 is 2.14 bits per heavy atom. The molecule has 0 saturated carbocycles. The average Bonchev–Trinajstić information content (AvgIpc) is 2.42. The number of nitro groups is 1. The highest BCUT2D eigenvalue weighted by atomic mass is 16.6. The third-order valence-corrected chi connectivity index (χ3v) is 2.82. The molecule has 0 radical (unpaired) electrons. The normalized spacial score (nSPS) is 10.3. The molecule has 2 aromatic rings. The summed E-state index contributed by atoms with van der Waals surface area (Å²) in [6.07, 6.45) is 1.97. The number of carbonyl (C=O) groups excluding carboxylic acids is 1. The molecule has 0 aliphatic carbocycles. The second kappa shape index (κ2) is 5.41. The van der Waals surface area contributed by atoms with E-state index in [1.165, 1.54) is 18.2 Å². The van der Waals surface area contributed by atoms with Crippen LogP contribution >= 0.6 is 0 Å². The summed E-state index contributed by atoms with van der Waals surface area (Å²) < 4.78 is 1.06. The molecule has 1 amide bonds. The number of nitrogens with two attached hydrogens (primary N) is 2. The predicted molar refractivity (Wildman–Crippen MR) is 73.6 cm³/mol. The number of hydrogen-bond donors (Lipinski definition) is 2. The van der Waals surface area contributed by atoms with E-state index in [9.17, 15) is 19.7 Å². The fraction of sp³-hybridized carbons (Fsp3) is 0.0833. The molecule has 4 N–H and O–H groups in total. The van der Waals surface area contributed by atoms with Gasteiger partial charge in [0.05, 0.1) is 17.7 Å². The third-order valence-electron chi connectivity index (χ3n) is 2.82. The lowest BCUT2D eigenvalue weighted by Crippen LogP contribution is -2.23. The number of aromatic nitrogens is 2. The lowest BCUT2D eigenvalue weighted by molar-refractivity contribution is -0.385. The lowest BCUT2D eigenvalue weighted by Gasteiger charge is -2.08. The Hall–Kier alpha value is -3.23. The van der Waals surface area contributed by atoms with Crippen molar-refractivity contribution in [1.82, 2.24) is 9.55 Å². The first-order valence-electron chi connectivity index (χ1n) is 5.77. The maximum absolute atomic E-state index is 11.6. The number of hydrogen-bond acceptors (Lipinski definition) is 6. The molecule has 9 heteroatoms. The van der Waals surface area contributed by atoms with Crippen molar-refractivity contribution < 1.29 is 9.72 Å². The fourth-order valence-corrected chi connectivity index (χ4v) is 1.73. The highest BCUT2D eigenvalue weighted by molar-refractivity contribution is 5.93. The van der Waals surface area contributed by atoms with Crippen molar-refractivity contribution in [3.63, 3.8) is 0 Å². The van der Waals surface area contributed by atoms with Gasteiger partial charge in [-0.3, -0.25) is 19.5 Å². The predicted octanol–water partition coefficient (Wildman–Crippen LogP) is -0.119. The van der Waals surface area contributed by atoms with Crippen LogP contribution in [-0.4, -0.2) is 20.4 Å². The van der Waals surface area contributed by atoms with Crippen LogP contribution in [0.25, 0.3) is 0 Å².